The Bertz CT molecular complexity index is 449. The minimum atomic E-state index is -0.160. The normalized spacial score (nSPS) is 22.1. The molecule has 3 nitrogen and oxygen atoms in total. The SMILES string of the molecule is CCC1CN(c2ccc(F)cc2C(C)NC)CCN1C. The lowest BCUT2D eigenvalue weighted by Gasteiger charge is -2.41. The molecule has 1 fully saturated rings. The largest absolute Gasteiger partial charge is 0.368 e. The van der Waals surface area contributed by atoms with Crippen molar-refractivity contribution >= 4 is 5.69 Å². The third-order valence-electron chi connectivity index (χ3n) is 4.48. The topological polar surface area (TPSA) is 18.5 Å². The van der Waals surface area contributed by atoms with Gasteiger partial charge >= 0.3 is 0 Å². The Morgan fingerprint density at radius 3 is 2.80 bits per heavy atom. The average molecular weight is 279 g/mol. The maximum Gasteiger partial charge on any atom is 0.123 e. The van der Waals surface area contributed by atoms with Gasteiger partial charge in [0, 0.05) is 37.4 Å². The van der Waals surface area contributed by atoms with E-state index in [0.29, 0.717) is 6.04 Å². The van der Waals surface area contributed by atoms with Crippen molar-refractivity contribution in [2.75, 3.05) is 38.6 Å². The van der Waals surface area contributed by atoms with Crippen molar-refractivity contribution < 1.29 is 4.39 Å². The highest BCUT2D eigenvalue weighted by atomic mass is 19.1. The fourth-order valence-corrected chi connectivity index (χ4v) is 2.92. The van der Waals surface area contributed by atoms with Gasteiger partial charge in [-0.1, -0.05) is 6.92 Å². The van der Waals surface area contributed by atoms with Gasteiger partial charge in [0.25, 0.3) is 0 Å². The van der Waals surface area contributed by atoms with E-state index in [1.807, 2.05) is 13.1 Å². The molecule has 20 heavy (non-hydrogen) atoms. The monoisotopic (exact) mass is 279 g/mol. The van der Waals surface area contributed by atoms with Crippen LogP contribution in [-0.2, 0) is 0 Å². The molecule has 4 heteroatoms. The van der Waals surface area contributed by atoms with Crippen molar-refractivity contribution in [1.82, 2.24) is 10.2 Å². The fraction of sp³-hybridized carbons (Fsp3) is 0.625. The van der Waals surface area contributed by atoms with Crippen LogP contribution in [-0.4, -0.2) is 44.7 Å². The van der Waals surface area contributed by atoms with Gasteiger partial charge in [0.1, 0.15) is 5.82 Å². The molecule has 2 atom stereocenters. The van der Waals surface area contributed by atoms with Crippen molar-refractivity contribution in [2.45, 2.75) is 32.4 Å². The van der Waals surface area contributed by atoms with Gasteiger partial charge < -0.3 is 10.2 Å². The number of rotatable bonds is 4. The van der Waals surface area contributed by atoms with Crippen LogP contribution in [0.3, 0.4) is 0 Å². The summed E-state index contributed by atoms with van der Waals surface area (Å²) in [6.45, 7) is 7.38. The number of nitrogens with one attached hydrogen (secondary N) is 1. The van der Waals surface area contributed by atoms with Crippen LogP contribution in [0.15, 0.2) is 18.2 Å². The summed E-state index contributed by atoms with van der Waals surface area (Å²) in [4.78, 5) is 4.82. The van der Waals surface area contributed by atoms with E-state index in [4.69, 9.17) is 0 Å². The van der Waals surface area contributed by atoms with Crippen LogP contribution in [0.25, 0.3) is 0 Å². The Morgan fingerprint density at radius 2 is 2.15 bits per heavy atom. The number of halogens is 1. The third-order valence-corrected chi connectivity index (χ3v) is 4.48. The lowest BCUT2D eigenvalue weighted by molar-refractivity contribution is 0.213. The molecule has 0 aliphatic carbocycles. The number of benzene rings is 1. The quantitative estimate of drug-likeness (QED) is 0.914. The van der Waals surface area contributed by atoms with Crippen molar-refractivity contribution in [1.29, 1.82) is 0 Å². The van der Waals surface area contributed by atoms with E-state index < -0.39 is 0 Å². The Balaban J connectivity index is 2.28. The van der Waals surface area contributed by atoms with Crippen molar-refractivity contribution in [3.63, 3.8) is 0 Å². The summed E-state index contributed by atoms with van der Waals surface area (Å²) in [6.07, 6.45) is 1.14. The number of anilines is 1. The van der Waals surface area contributed by atoms with Gasteiger partial charge in [0.2, 0.25) is 0 Å². The van der Waals surface area contributed by atoms with Crippen molar-refractivity contribution in [2.24, 2.45) is 0 Å². The molecule has 112 valence electrons. The highest BCUT2D eigenvalue weighted by Crippen LogP contribution is 2.29. The molecule has 0 saturated carbocycles. The number of hydrogen-bond donors (Lipinski definition) is 1. The second kappa shape index (κ2) is 6.55. The third kappa shape index (κ3) is 3.13. The minimum absolute atomic E-state index is 0.153. The number of likely N-dealkylation sites (N-methyl/N-ethyl adjacent to an activating group) is 1. The first-order valence-corrected chi connectivity index (χ1v) is 7.48. The highest BCUT2D eigenvalue weighted by Gasteiger charge is 2.25. The van der Waals surface area contributed by atoms with Crippen LogP contribution in [0.2, 0.25) is 0 Å². The van der Waals surface area contributed by atoms with Gasteiger partial charge in [-0.15, -0.1) is 0 Å². The van der Waals surface area contributed by atoms with E-state index in [2.05, 4.69) is 36.0 Å². The average Bonchev–Trinajstić information content (AvgIpc) is 2.47. The van der Waals surface area contributed by atoms with Crippen LogP contribution >= 0.6 is 0 Å². The van der Waals surface area contributed by atoms with Crippen LogP contribution in [0.4, 0.5) is 10.1 Å². The molecular formula is C16H26FN3. The molecule has 0 spiro atoms. The van der Waals surface area contributed by atoms with Gasteiger partial charge in [-0.3, -0.25) is 4.90 Å². The summed E-state index contributed by atoms with van der Waals surface area (Å²) < 4.78 is 13.6. The number of nitrogens with zero attached hydrogens (tertiary/aromatic N) is 2. The maximum atomic E-state index is 13.6. The molecule has 1 saturated heterocycles. The zero-order chi connectivity index (χ0) is 14.7. The van der Waals surface area contributed by atoms with E-state index >= 15 is 0 Å². The summed E-state index contributed by atoms with van der Waals surface area (Å²) in [7, 11) is 4.10. The molecule has 0 radical (unpaired) electrons. The summed E-state index contributed by atoms with van der Waals surface area (Å²) in [5.74, 6) is -0.160. The summed E-state index contributed by atoms with van der Waals surface area (Å²) in [6, 6.07) is 5.89. The first-order chi connectivity index (χ1) is 9.56. The summed E-state index contributed by atoms with van der Waals surface area (Å²) in [5.41, 5.74) is 2.21. The zero-order valence-electron chi connectivity index (χ0n) is 13.0. The molecule has 0 bridgehead atoms. The molecule has 1 aromatic rings. The Labute approximate surface area is 121 Å². The van der Waals surface area contributed by atoms with Gasteiger partial charge in [0.05, 0.1) is 0 Å². The van der Waals surface area contributed by atoms with E-state index in [1.165, 1.54) is 5.69 Å². The van der Waals surface area contributed by atoms with E-state index in [-0.39, 0.29) is 11.9 Å². The molecule has 1 aliphatic rings. The lowest BCUT2D eigenvalue weighted by atomic mass is 10.0. The highest BCUT2D eigenvalue weighted by molar-refractivity contribution is 5.55. The lowest BCUT2D eigenvalue weighted by Crippen LogP contribution is -2.51. The van der Waals surface area contributed by atoms with Gasteiger partial charge in [-0.2, -0.15) is 0 Å². The van der Waals surface area contributed by atoms with E-state index in [1.54, 1.807) is 12.1 Å². The first-order valence-electron chi connectivity index (χ1n) is 7.48. The van der Waals surface area contributed by atoms with Gasteiger partial charge in [-0.25, -0.2) is 4.39 Å². The van der Waals surface area contributed by atoms with Crippen LogP contribution in [0, 0.1) is 5.82 Å². The minimum Gasteiger partial charge on any atom is -0.368 e. The Kier molecular flexibility index (Phi) is 5.00. The standard InChI is InChI=1S/C16H26FN3/c1-5-14-11-20(9-8-19(14)4)16-7-6-13(17)10-15(16)12(2)18-3/h6-7,10,12,14,18H,5,8-9,11H2,1-4H3. The molecule has 2 rings (SSSR count). The van der Waals surface area contributed by atoms with Crippen LogP contribution < -0.4 is 10.2 Å². The number of piperazine rings is 1. The van der Waals surface area contributed by atoms with Gasteiger partial charge in [0.15, 0.2) is 0 Å². The Hall–Kier alpha value is -1.13. The Morgan fingerprint density at radius 1 is 1.40 bits per heavy atom. The maximum absolute atomic E-state index is 13.6. The molecule has 0 amide bonds. The molecule has 0 aromatic heterocycles. The molecule has 1 aromatic carbocycles. The van der Waals surface area contributed by atoms with Crippen LogP contribution in [0.5, 0.6) is 0 Å². The second-order valence-corrected chi connectivity index (χ2v) is 5.70. The molecule has 1 heterocycles. The van der Waals surface area contributed by atoms with Gasteiger partial charge in [-0.05, 0) is 51.2 Å². The van der Waals surface area contributed by atoms with E-state index in [9.17, 15) is 4.39 Å². The molecule has 1 N–H and O–H groups in total. The first kappa shape index (κ1) is 15.3. The molecule has 1 aliphatic heterocycles. The zero-order valence-corrected chi connectivity index (χ0v) is 13.0. The predicted octanol–water partition coefficient (Wildman–Crippen LogP) is 2.64. The summed E-state index contributed by atoms with van der Waals surface area (Å²) >= 11 is 0. The molecular weight excluding hydrogens is 253 g/mol. The van der Waals surface area contributed by atoms with Crippen LogP contribution in [0.1, 0.15) is 31.9 Å². The summed E-state index contributed by atoms with van der Waals surface area (Å²) in [5, 5.41) is 3.22. The van der Waals surface area contributed by atoms with Crippen molar-refractivity contribution in [3.8, 4) is 0 Å². The fourth-order valence-electron chi connectivity index (χ4n) is 2.92. The van der Waals surface area contributed by atoms with Crippen molar-refractivity contribution in [3.05, 3.63) is 29.6 Å². The smallest absolute Gasteiger partial charge is 0.123 e. The predicted molar refractivity (Wildman–Crippen MR) is 82.8 cm³/mol. The van der Waals surface area contributed by atoms with E-state index in [0.717, 1.165) is 31.6 Å². The number of hydrogen-bond acceptors (Lipinski definition) is 3. The second-order valence-electron chi connectivity index (χ2n) is 5.70. The molecule has 2 unspecified atom stereocenters.